The van der Waals surface area contributed by atoms with E-state index in [1.165, 1.54) is 7.11 Å². The Hall–Kier alpha value is -1.06. The molecular weight excluding hydrogens is 249 g/mol. The Morgan fingerprint density at radius 2 is 2.12 bits per heavy atom. The highest BCUT2D eigenvalue weighted by Crippen LogP contribution is 2.07. The molecule has 0 N–H and O–H groups in total. The fourth-order valence-electron chi connectivity index (χ4n) is 1.24. The lowest BCUT2D eigenvalue weighted by molar-refractivity contribution is -0.142. The van der Waals surface area contributed by atoms with Crippen molar-refractivity contribution < 1.29 is 9.53 Å². The van der Waals surface area contributed by atoms with Gasteiger partial charge in [-0.1, -0.05) is 41.9 Å². The van der Waals surface area contributed by atoms with E-state index in [0.717, 1.165) is 11.2 Å². The van der Waals surface area contributed by atoms with E-state index in [1.54, 1.807) is 0 Å². The molecule has 88 valence electrons. The molecule has 0 saturated carbocycles. The van der Waals surface area contributed by atoms with Gasteiger partial charge in [-0.05, 0) is 5.56 Å². The summed E-state index contributed by atoms with van der Waals surface area (Å²) in [5.74, 6) is -0.379. The Kier molecular flexibility index (Phi) is 7.60. The molecule has 1 atom stereocenters. The van der Waals surface area contributed by atoms with Crippen LogP contribution in [0.3, 0.4) is 0 Å². The summed E-state index contributed by atoms with van der Waals surface area (Å²) in [6, 6.07) is 9.04. The number of halogens is 2. The molecule has 5 heteroatoms. The van der Waals surface area contributed by atoms with E-state index in [4.69, 9.17) is 11.6 Å². The number of ether oxygens (including phenoxy) is 1. The first kappa shape index (κ1) is 14.9. The number of esters is 1. The summed E-state index contributed by atoms with van der Waals surface area (Å²) in [7, 11) is 1.34. The van der Waals surface area contributed by atoms with Gasteiger partial charge in [0.1, 0.15) is 0 Å². The second-order valence-electron chi connectivity index (χ2n) is 2.98. The maximum absolute atomic E-state index is 11.3. The van der Waals surface area contributed by atoms with E-state index in [1.807, 2.05) is 30.3 Å². The van der Waals surface area contributed by atoms with Crippen LogP contribution < -0.4 is 0 Å². The zero-order valence-corrected chi connectivity index (χ0v) is 10.4. The van der Waals surface area contributed by atoms with Crippen molar-refractivity contribution in [1.29, 1.82) is 0 Å². The second-order valence-corrected chi connectivity index (χ2v) is 3.17. The minimum absolute atomic E-state index is 0. The Morgan fingerprint density at radius 1 is 1.50 bits per heavy atom. The number of nitrogens with zero attached hydrogens (tertiary/aromatic N) is 1. The van der Waals surface area contributed by atoms with Gasteiger partial charge in [0.05, 0.1) is 12.8 Å². The summed E-state index contributed by atoms with van der Waals surface area (Å²) >= 11 is 5.36. The molecular formula is C11H13Cl2NO2. The van der Waals surface area contributed by atoms with Gasteiger partial charge in [0.15, 0.2) is 6.04 Å². The van der Waals surface area contributed by atoms with Gasteiger partial charge in [-0.2, -0.15) is 0 Å². The van der Waals surface area contributed by atoms with Crippen molar-refractivity contribution in [3.63, 3.8) is 0 Å². The zero-order valence-electron chi connectivity index (χ0n) is 8.80. The molecule has 1 rings (SSSR count). The van der Waals surface area contributed by atoms with E-state index < -0.39 is 6.04 Å². The molecule has 0 saturated heterocycles. The SMILES string of the molecule is COC(=O)[C@H](Cc1ccccc1)N=CCl.Cl. The van der Waals surface area contributed by atoms with Crippen LogP contribution in [0, 0.1) is 0 Å². The molecule has 0 aliphatic carbocycles. The van der Waals surface area contributed by atoms with Crippen molar-refractivity contribution >= 4 is 35.7 Å². The smallest absolute Gasteiger partial charge is 0.330 e. The van der Waals surface area contributed by atoms with Crippen molar-refractivity contribution in [1.82, 2.24) is 0 Å². The average molecular weight is 262 g/mol. The zero-order chi connectivity index (χ0) is 11.1. The minimum Gasteiger partial charge on any atom is -0.467 e. The summed E-state index contributed by atoms with van der Waals surface area (Å²) in [4.78, 5) is 15.2. The number of carbonyl (C=O) groups excluding carboxylic acids is 1. The predicted octanol–water partition coefficient (Wildman–Crippen LogP) is 2.46. The van der Waals surface area contributed by atoms with Crippen LogP contribution in [-0.4, -0.2) is 24.8 Å². The molecule has 0 unspecified atom stereocenters. The van der Waals surface area contributed by atoms with Crippen molar-refractivity contribution in [3.05, 3.63) is 35.9 Å². The molecule has 0 radical (unpaired) electrons. The summed E-state index contributed by atoms with van der Waals surface area (Å²) < 4.78 is 4.63. The van der Waals surface area contributed by atoms with Crippen LogP contribution in [0.2, 0.25) is 0 Å². The first-order valence-corrected chi connectivity index (χ1v) is 4.95. The van der Waals surface area contributed by atoms with Crippen LogP contribution in [0.4, 0.5) is 0 Å². The number of rotatable bonds is 4. The van der Waals surface area contributed by atoms with Gasteiger partial charge in [0, 0.05) is 6.42 Å². The standard InChI is InChI=1S/C11H12ClNO2.ClH/c1-15-11(14)10(13-8-12)7-9-5-3-2-4-6-9;/h2-6,8,10H,7H2,1H3;1H/t10-;/m0./s1. The normalized spacial score (nSPS) is 11.9. The maximum Gasteiger partial charge on any atom is 0.330 e. The second kappa shape index (κ2) is 8.13. The molecule has 0 aliphatic rings. The Balaban J connectivity index is 0.00000225. The topological polar surface area (TPSA) is 38.7 Å². The van der Waals surface area contributed by atoms with E-state index >= 15 is 0 Å². The highest BCUT2D eigenvalue weighted by atomic mass is 35.5. The molecule has 3 nitrogen and oxygen atoms in total. The fraction of sp³-hybridized carbons (Fsp3) is 0.273. The molecule has 0 bridgehead atoms. The summed E-state index contributed by atoms with van der Waals surface area (Å²) in [5, 5.41) is 0. The molecule has 0 fully saturated rings. The first-order chi connectivity index (χ1) is 7.27. The average Bonchev–Trinajstić information content (AvgIpc) is 2.29. The van der Waals surface area contributed by atoms with Gasteiger partial charge in [0.2, 0.25) is 0 Å². The fourth-order valence-corrected chi connectivity index (χ4v) is 1.37. The van der Waals surface area contributed by atoms with Gasteiger partial charge in [0.25, 0.3) is 0 Å². The molecule has 0 spiro atoms. The lowest BCUT2D eigenvalue weighted by Gasteiger charge is -2.09. The molecule has 0 amide bonds. The van der Waals surface area contributed by atoms with Gasteiger partial charge in [-0.3, -0.25) is 4.99 Å². The lowest BCUT2D eigenvalue weighted by atomic mass is 10.1. The molecule has 1 aromatic rings. The van der Waals surface area contributed by atoms with Crippen molar-refractivity contribution in [2.75, 3.05) is 7.11 Å². The van der Waals surface area contributed by atoms with E-state index in [9.17, 15) is 4.79 Å². The largest absolute Gasteiger partial charge is 0.467 e. The van der Waals surface area contributed by atoms with Crippen LogP contribution in [0.5, 0.6) is 0 Å². The maximum atomic E-state index is 11.3. The highest BCUT2D eigenvalue weighted by molar-refractivity contribution is 6.56. The number of hydrogen-bond donors (Lipinski definition) is 0. The van der Waals surface area contributed by atoms with Crippen molar-refractivity contribution in [3.8, 4) is 0 Å². The summed E-state index contributed by atoms with van der Waals surface area (Å²) in [6.45, 7) is 0. The van der Waals surface area contributed by atoms with E-state index in [0.29, 0.717) is 6.42 Å². The van der Waals surface area contributed by atoms with Crippen LogP contribution in [0.15, 0.2) is 35.3 Å². The number of aliphatic imine (C=N–C) groups is 1. The number of methoxy groups -OCH3 is 1. The van der Waals surface area contributed by atoms with Crippen LogP contribution in [0.1, 0.15) is 5.56 Å². The van der Waals surface area contributed by atoms with E-state index in [2.05, 4.69) is 9.73 Å². The van der Waals surface area contributed by atoms with Crippen LogP contribution in [0.25, 0.3) is 0 Å². The minimum atomic E-state index is -0.560. The monoisotopic (exact) mass is 261 g/mol. The Labute approximate surface area is 106 Å². The molecule has 0 heterocycles. The van der Waals surface area contributed by atoms with Crippen LogP contribution in [-0.2, 0) is 16.0 Å². The molecule has 16 heavy (non-hydrogen) atoms. The third-order valence-corrected chi connectivity index (χ3v) is 2.09. The number of hydrogen-bond acceptors (Lipinski definition) is 3. The Morgan fingerprint density at radius 3 is 2.62 bits per heavy atom. The van der Waals surface area contributed by atoms with Crippen molar-refractivity contribution in [2.45, 2.75) is 12.5 Å². The number of benzene rings is 1. The quantitative estimate of drug-likeness (QED) is 0.617. The third kappa shape index (κ3) is 4.64. The number of carbonyl (C=O) groups is 1. The first-order valence-electron chi connectivity index (χ1n) is 4.51. The summed E-state index contributed by atoms with van der Waals surface area (Å²) in [5.41, 5.74) is 2.13. The molecule has 1 aromatic carbocycles. The highest BCUT2D eigenvalue weighted by Gasteiger charge is 2.17. The van der Waals surface area contributed by atoms with Gasteiger partial charge >= 0.3 is 5.97 Å². The van der Waals surface area contributed by atoms with Crippen LogP contribution >= 0.6 is 24.0 Å². The van der Waals surface area contributed by atoms with Gasteiger partial charge in [-0.25, -0.2) is 4.79 Å². The Bertz CT molecular complexity index is 341. The summed E-state index contributed by atoms with van der Waals surface area (Å²) in [6.07, 6.45) is 0.497. The molecule has 0 aliphatic heterocycles. The molecule has 0 aromatic heterocycles. The third-order valence-electron chi connectivity index (χ3n) is 1.98. The predicted molar refractivity (Wildman–Crippen MR) is 67.5 cm³/mol. The van der Waals surface area contributed by atoms with Crippen molar-refractivity contribution in [2.24, 2.45) is 4.99 Å². The van der Waals surface area contributed by atoms with Gasteiger partial charge in [-0.15, -0.1) is 12.4 Å². The van der Waals surface area contributed by atoms with E-state index in [-0.39, 0.29) is 18.4 Å². The van der Waals surface area contributed by atoms with Gasteiger partial charge < -0.3 is 4.74 Å². The lowest BCUT2D eigenvalue weighted by Crippen LogP contribution is -2.22.